The highest BCUT2D eigenvalue weighted by Gasteiger charge is 2.52. The molecule has 0 aliphatic carbocycles. The van der Waals surface area contributed by atoms with Crippen molar-refractivity contribution in [2.75, 3.05) is 37.0 Å². The van der Waals surface area contributed by atoms with Gasteiger partial charge in [0.2, 0.25) is 0 Å². The fourth-order valence-electron chi connectivity index (χ4n) is 24.7. The molecule has 0 spiro atoms. The van der Waals surface area contributed by atoms with Gasteiger partial charge in [-0.15, -0.1) is 0 Å². The molecule has 0 atom stereocenters. The van der Waals surface area contributed by atoms with E-state index in [2.05, 4.69) is 482 Å². The molecule has 0 unspecified atom stereocenters. The fourth-order valence-corrected chi connectivity index (χ4v) is 26.8. The Hall–Kier alpha value is -10.7. The van der Waals surface area contributed by atoms with E-state index in [1.165, 1.54) is 188 Å². The molecule has 0 amide bonds. The molecule has 9 nitrogen and oxygen atoms in total. The van der Waals surface area contributed by atoms with Gasteiger partial charge in [-0.05, 0) is 302 Å². The molecule has 1 N–H and O–H groups in total. The highest BCUT2D eigenvalue weighted by atomic mass is 32.2. The van der Waals surface area contributed by atoms with Gasteiger partial charge in [0, 0.05) is 91.7 Å². The van der Waals surface area contributed by atoms with Crippen LogP contribution in [0.4, 0.5) is 45.5 Å². The molecule has 6 aliphatic heterocycles. The first-order valence-corrected chi connectivity index (χ1v) is 56.2. The standard InChI is InChI=1S/C129H148B3N7O2S3/c1-118(2,3)70-48-79-80-49-71(119(4,5)6)55-86(125(22,23)24)113(80)134(112(79)85(54-70)124(19,20)21)76-60-98-109-107(64-76)140-105-46-42-40-44-91(105)130(109)93-66-94-99(68-97(93)133-98)137(142-37)102-61-77(135-114-81(50-72(120(7,8)9)56-87(114)126(25,26)27)82-51-73(121(10,11)12)57-88(115(82)135)127(28,29)30)62-103-110(102)132(94)96-67-95-100(69-101(96)138(103)143-38)139(144-39)104-63-78(65-108-111(104)131(95)92-45-41-43-47-106(92)141-108)136-116-83(52-74(122(13,14)15)58-89(116)128(31,32)33)84-53-75(123(16,17)18)59-90(117(84)136)129(34,35)36/h40-69,133H,1-39H3. The van der Waals surface area contributed by atoms with Crippen molar-refractivity contribution in [2.24, 2.45) is 0 Å². The van der Waals surface area contributed by atoms with Crippen LogP contribution in [0.3, 0.4) is 0 Å². The monoisotopic (exact) mass is 1960 g/mol. The minimum absolute atomic E-state index is 0.113. The normalized spacial score (nSPS) is 14.9. The minimum Gasteiger partial charge on any atom is -0.458 e. The molecule has 0 saturated carbocycles. The molecule has 144 heavy (non-hydrogen) atoms. The third-order valence-electron chi connectivity index (χ3n) is 32.6. The maximum Gasteiger partial charge on any atom is 0.256 e. The second-order valence-electron chi connectivity index (χ2n) is 55.3. The number of benzene rings is 13. The molecular weight excluding hydrogens is 1810 g/mol. The lowest BCUT2D eigenvalue weighted by Crippen LogP contribution is -2.65. The van der Waals surface area contributed by atoms with Crippen LogP contribution < -0.4 is 76.9 Å². The maximum atomic E-state index is 7.71. The molecule has 15 heteroatoms. The lowest BCUT2D eigenvalue weighted by atomic mass is 9.29. The third kappa shape index (κ3) is 15.0. The highest BCUT2D eigenvalue weighted by Crippen LogP contribution is 2.57. The van der Waals surface area contributed by atoms with E-state index < -0.39 is 0 Å². The Morgan fingerprint density at radius 2 is 0.465 bits per heavy atom. The molecule has 738 valence electrons. The van der Waals surface area contributed by atoms with Gasteiger partial charge in [-0.3, -0.25) is 12.9 Å². The molecule has 0 fully saturated rings. The average Bonchev–Trinajstić information content (AvgIpc) is 0.907. The molecule has 0 saturated heterocycles. The van der Waals surface area contributed by atoms with Gasteiger partial charge in [-0.25, -0.2) is 0 Å². The second kappa shape index (κ2) is 31.7. The first kappa shape index (κ1) is 98.0. The Morgan fingerprint density at radius 3 is 0.757 bits per heavy atom. The van der Waals surface area contributed by atoms with Crippen LogP contribution in [0.5, 0.6) is 23.0 Å². The van der Waals surface area contributed by atoms with Gasteiger partial charge < -0.3 is 28.5 Å². The van der Waals surface area contributed by atoms with Crippen LogP contribution in [0.2, 0.25) is 0 Å². The summed E-state index contributed by atoms with van der Waals surface area (Å²) in [7, 11) is 0. The number of para-hydroxylation sites is 2. The molecule has 0 bridgehead atoms. The first-order valence-electron chi connectivity index (χ1n) is 52.6. The van der Waals surface area contributed by atoms with E-state index in [1.807, 2.05) is 23.9 Å². The Bertz CT molecular complexity index is 8010. The lowest BCUT2D eigenvalue weighted by molar-refractivity contribution is 0.487. The second-order valence-corrected chi connectivity index (χ2v) is 57.5. The van der Waals surface area contributed by atoms with Gasteiger partial charge in [0.25, 0.3) is 20.1 Å². The zero-order valence-electron chi connectivity index (χ0n) is 93.3. The van der Waals surface area contributed by atoms with Gasteiger partial charge in [0.15, 0.2) is 0 Å². The Kier molecular flexibility index (Phi) is 21.6. The Morgan fingerprint density at radius 1 is 0.215 bits per heavy atom. The average molecular weight is 1960 g/mol. The molecule has 3 aromatic heterocycles. The van der Waals surface area contributed by atoms with Crippen molar-refractivity contribution in [2.45, 2.75) is 314 Å². The van der Waals surface area contributed by atoms with Crippen LogP contribution in [0.1, 0.15) is 316 Å². The fraction of sp³-hybridized carbons (Fsp3) is 0.395. The number of ether oxygens (including phenoxy) is 2. The summed E-state index contributed by atoms with van der Waals surface area (Å²) in [6, 6.07) is 74.3. The van der Waals surface area contributed by atoms with Crippen LogP contribution in [-0.4, -0.2) is 52.6 Å². The summed E-state index contributed by atoms with van der Waals surface area (Å²) in [6.45, 7) is 85.8. The van der Waals surface area contributed by atoms with Crippen molar-refractivity contribution >= 4 is 216 Å². The van der Waals surface area contributed by atoms with Crippen LogP contribution in [0, 0.1) is 0 Å². The predicted octanol–water partition coefficient (Wildman–Crippen LogP) is 30.6. The van der Waals surface area contributed by atoms with Crippen LogP contribution in [0.15, 0.2) is 182 Å². The molecule has 13 aromatic carbocycles. The van der Waals surface area contributed by atoms with E-state index in [9.17, 15) is 0 Å². The lowest BCUT2D eigenvalue weighted by Gasteiger charge is -2.45. The largest absolute Gasteiger partial charge is 0.458 e. The van der Waals surface area contributed by atoms with Gasteiger partial charge in [0.05, 0.1) is 67.2 Å². The number of fused-ring (bicyclic) bond motifs is 21. The third-order valence-corrected chi connectivity index (χ3v) is 34.8. The maximum absolute atomic E-state index is 7.71. The van der Waals surface area contributed by atoms with E-state index in [-0.39, 0.29) is 85.1 Å². The number of hydrogen-bond acceptors (Lipinski definition) is 9. The van der Waals surface area contributed by atoms with E-state index >= 15 is 0 Å². The van der Waals surface area contributed by atoms with Gasteiger partial charge in [0.1, 0.15) is 23.0 Å². The predicted molar refractivity (Wildman–Crippen MR) is 637 cm³/mol. The number of hydrogen-bond donors (Lipinski definition) is 1. The minimum atomic E-state index is -0.281. The van der Waals surface area contributed by atoms with E-state index in [1.54, 1.807) is 11.9 Å². The summed E-state index contributed by atoms with van der Waals surface area (Å²) in [5.41, 5.74) is 44.7. The van der Waals surface area contributed by atoms with Crippen LogP contribution in [0.25, 0.3) is 82.5 Å². The molecule has 6 aliphatic rings. The van der Waals surface area contributed by atoms with Crippen molar-refractivity contribution in [3.8, 4) is 40.1 Å². The number of rotatable bonds is 6. The number of anilines is 8. The van der Waals surface area contributed by atoms with E-state index in [0.29, 0.717) is 0 Å². The van der Waals surface area contributed by atoms with Gasteiger partial charge >= 0.3 is 0 Å². The van der Waals surface area contributed by atoms with Crippen molar-refractivity contribution < 1.29 is 9.47 Å². The molecule has 16 aromatic rings. The summed E-state index contributed by atoms with van der Waals surface area (Å²) >= 11 is 5.44. The molecular formula is C129H148B3N7O2S3. The van der Waals surface area contributed by atoms with Crippen LogP contribution in [-0.2, 0) is 65.0 Å². The highest BCUT2D eigenvalue weighted by molar-refractivity contribution is 8.01. The summed E-state index contributed by atoms with van der Waals surface area (Å²) in [5, 5.41) is 12.1. The van der Waals surface area contributed by atoms with Crippen LogP contribution >= 0.6 is 35.8 Å². The zero-order chi connectivity index (χ0) is 103. The van der Waals surface area contributed by atoms with Gasteiger partial charge in [-0.1, -0.05) is 334 Å². The van der Waals surface area contributed by atoms with E-state index in [4.69, 9.17) is 9.47 Å². The SMILES string of the molecule is CSN1c2cc3c(cc2B2c4ccccc4Oc4cc(-n5c6c(C(C)(C)C)cc(C(C)(C)C)cc6c6cc(C(C)(C)C)cc(C(C)(C)C)c65)cc1c42)B1c2cc4c(cc2N(SC)c2cc(-n5c6c(C(C)(C)C)cc(C(C)(C)C)cc6c6cc(C(C)(C)C)cc(C(C)(C)C)c65)cc(c21)N3SC)Nc1cc(-n2c3c(C(C)(C)C)cc(C(C)(C)C)cc3c3cc(C(C)(C)C)cc(C(C)(C)C)c32)cc2c1B4c1ccccc1O2. The van der Waals surface area contributed by atoms with Crippen molar-refractivity contribution in [1.82, 2.24) is 13.7 Å². The number of nitrogens with zero attached hydrogens (tertiary/aromatic N) is 6. The van der Waals surface area contributed by atoms with Crippen molar-refractivity contribution in [3.63, 3.8) is 0 Å². The number of aromatic nitrogens is 3. The number of nitrogens with one attached hydrogen (secondary N) is 1. The molecule has 22 rings (SSSR count). The summed E-state index contributed by atoms with van der Waals surface area (Å²) in [5.74, 6) is 3.50. The summed E-state index contributed by atoms with van der Waals surface area (Å²) in [4.78, 5) is 0. The Balaban J connectivity index is 0.841. The van der Waals surface area contributed by atoms with Crippen molar-refractivity contribution in [1.29, 1.82) is 0 Å². The summed E-state index contributed by atoms with van der Waals surface area (Å²) in [6.07, 6.45) is 6.93. The Labute approximate surface area is 872 Å². The zero-order valence-corrected chi connectivity index (χ0v) is 95.7. The molecule has 0 radical (unpaired) electrons. The first-order chi connectivity index (χ1) is 66.9. The topological polar surface area (TPSA) is 55.0 Å². The summed E-state index contributed by atoms with van der Waals surface area (Å²) < 4.78 is 31.3. The van der Waals surface area contributed by atoms with E-state index in [0.717, 1.165) is 79.2 Å². The molecule has 9 heterocycles. The van der Waals surface area contributed by atoms with Crippen molar-refractivity contribution in [3.05, 3.63) is 249 Å². The van der Waals surface area contributed by atoms with Gasteiger partial charge in [-0.2, -0.15) is 0 Å². The smallest absolute Gasteiger partial charge is 0.256 e. The quantitative estimate of drug-likeness (QED) is 0.130.